The lowest BCUT2D eigenvalue weighted by Gasteiger charge is -2.14. The van der Waals surface area contributed by atoms with Crippen LogP contribution in [0.3, 0.4) is 0 Å². The molecular formula is C28H26N2O5. The van der Waals surface area contributed by atoms with E-state index < -0.39 is 0 Å². The number of ketones is 1. The van der Waals surface area contributed by atoms with Gasteiger partial charge in [0.05, 0.1) is 33.6 Å². The van der Waals surface area contributed by atoms with Gasteiger partial charge in [-0.3, -0.25) is 14.6 Å². The number of hydrogen-bond donors (Lipinski definition) is 1. The van der Waals surface area contributed by atoms with Gasteiger partial charge in [0.25, 0.3) is 5.78 Å². The number of hydrogen-bond acceptors (Lipinski definition) is 6. The van der Waals surface area contributed by atoms with E-state index in [2.05, 4.69) is 10.3 Å². The molecule has 35 heavy (non-hydrogen) atoms. The minimum Gasteiger partial charge on any atom is -0.497 e. The lowest BCUT2D eigenvalue weighted by atomic mass is 9.99. The fraction of sp³-hybridized carbons (Fsp3) is 0.179. The number of benzene rings is 1. The molecule has 2 aromatic rings. The smallest absolute Gasteiger partial charge is 0.261 e. The molecule has 1 aromatic carbocycles. The summed E-state index contributed by atoms with van der Waals surface area (Å²) in [7, 11) is 4.51. The Balaban J connectivity index is 1.73. The van der Waals surface area contributed by atoms with E-state index >= 15 is 0 Å². The monoisotopic (exact) mass is 470 g/mol. The van der Waals surface area contributed by atoms with Crippen molar-refractivity contribution in [2.24, 2.45) is 0 Å². The average molecular weight is 471 g/mol. The molecule has 1 N–H and O–H groups in total. The second kappa shape index (κ2) is 10.3. The van der Waals surface area contributed by atoms with Gasteiger partial charge in [0.1, 0.15) is 5.75 Å². The maximum Gasteiger partial charge on any atom is 0.261 e. The van der Waals surface area contributed by atoms with Crippen molar-refractivity contribution in [2.45, 2.75) is 13.5 Å². The summed E-state index contributed by atoms with van der Waals surface area (Å²) >= 11 is 0. The summed E-state index contributed by atoms with van der Waals surface area (Å²) in [6, 6.07) is 11.3. The lowest BCUT2D eigenvalue weighted by Crippen LogP contribution is -2.21. The van der Waals surface area contributed by atoms with Crippen LogP contribution in [-0.2, 0) is 25.6 Å². The van der Waals surface area contributed by atoms with E-state index in [1.807, 2.05) is 49.4 Å². The SMILES string of the molecule is COC1=CC(=CC2=C(C)/C(=C\C(=O)NCc3ccccn3)c3cc(OC)ccc32)C=C(OC)C1=O. The zero-order valence-electron chi connectivity index (χ0n) is 20.0. The molecule has 7 nitrogen and oxygen atoms in total. The lowest BCUT2D eigenvalue weighted by molar-refractivity contribution is -0.118. The molecule has 178 valence electrons. The highest BCUT2D eigenvalue weighted by Crippen LogP contribution is 2.44. The molecule has 0 unspecified atom stereocenters. The number of carbonyl (C=O) groups excluding carboxylic acids is 2. The molecule has 0 bridgehead atoms. The summed E-state index contributed by atoms with van der Waals surface area (Å²) in [4.78, 5) is 29.4. The van der Waals surface area contributed by atoms with Gasteiger partial charge >= 0.3 is 0 Å². The summed E-state index contributed by atoms with van der Waals surface area (Å²) in [5.74, 6) is 0.563. The third kappa shape index (κ3) is 4.94. The molecule has 0 radical (unpaired) electrons. The molecule has 7 heteroatoms. The number of methoxy groups -OCH3 is 3. The van der Waals surface area contributed by atoms with Crippen molar-refractivity contribution in [3.05, 3.63) is 106 Å². The largest absolute Gasteiger partial charge is 0.497 e. The first kappa shape index (κ1) is 23.8. The van der Waals surface area contributed by atoms with Crippen molar-refractivity contribution in [1.29, 1.82) is 0 Å². The number of rotatable bonds is 7. The summed E-state index contributed by atoms with van der Waals surface area (Å²) in [6.45, 7) is 2.30. The molecule has 2 aliphatic carbocycles. The van der Waals surface area contributed by atoms with Crippen LogP contribution in [0.5, 0.6) is 5.75 Å². The van der Waals surface area contributed by atoms with Crippen molar-refractivity contribution < 1.29 is 23.8 Å². The van der Waals surface area contributed by atoms with Crippen molar-refractivity contribution in [3.63, 3.8) is 0 Å². The van der Waals surface area contributed by atoms with Crippen LogP contribution in [0.2, 0.25) is 0 Å². The Labute approximate surface area is 204 Å². The number of fused-ring (bicyclic) bond motifs is 1. The molecule has 1 heterocycles. The molecule has 0 spiro atoms. The number of Topliss-reactive ketones (excluding diaryl/α,β-unsaturated/α-hetero) is 1. The van der Waals surface area contributed by atoms with Crippen molar-refractivity contribution in [2.75, 3.05) is 21.3 Å². The summed E-state index contributed by atoms with van der Waals surface area (Å²) in [5.41, 5.74) is 6.01. The van der Waals surface area contributed by atoms with E-state index in [-0.39, 0.29) is 23.2 Å². The van der Waals surface area contributed by atoms with Crippen LogP contribution in [0.4, 0.5) is 0 Å². The fourth-order valence-electron chi connectivity index (χ4n) is 4.04. The minimum atomic E-state index is -0.306. The number of pyridine rings is 1. The number of ether oxygens (including phenoxy) is 3. The molecule has 4 rings (SSSR count). The first-order valence-corrected chi connectivity index (χ1v) is 11.0. The standard InChI is InChI=1S/C28H26N2O5/c1-17-22(11-18-12-25(34-3)28(32)26(13-18)35-4)21-9-8-20(33-2)14-24(21)23(17)15-27(31)30-16-19-7-5-6-10-29-19/h5-15H,16H2,1-4H3,(H,30,31)/b23-15+. The summed E-state index contributed by atoms with van der Waals surface area (Å²) in [5, 5.41) is 2.90. The second-order valence-corrected chi connectivity index (χ2v) is 7.95. The quantitative estimate of drug-likeness (QED) is 0.612. The van der Waals surface area contributed by atoms with Gasteiger partial charge in [0.15, 0.2) is 11.5 Å². The van der Waals surface area contributed by atoms with Gasteiger partial charge in [0, 0.05) is 12.3 Å². The van der Waals surface area contributed by atoms with Crippen molar-refractivity contribution >= 4 is 22.8 Å². The number of nitrogens with one attached hydrogen (secondary N) is 1. The number of aromatic nitrogens is 1. The van der Waals surface area contributed by atoms with Gasteiger partial charge < -0.3 is 19.5 Å². The third-order valence-electron chi connectivity index (χ3n) is 5.85. The van der Waals surface area contributed by atoms with Gasteiger partial charge in [-0.05, 0) is 82.8 Å². The highest BCUT2D eigenvalue weighted by Gasteiger charge is 2.26. The molecule has 0 saturated carbocycles. The van der Waals surface area contributed by atoms with E-state index in [9.17, 15) is 9.59 Å². The van der Waals surface area contributed by atoms with Gasteiger partial charge in [0.2, 0.25) is 5.91 Å². The number of carbonyl (C=O) groups is 2. The van der Waals surface area contributed by atoms with E-state index in [0.717, 1.165) is 39.1 Å². The zero-order chi connectivity index (χ0) is 24.9. The molecule has 0 saturated heterocycles. The van der Waals surface area contributed by atoms with E-state index in [4.69, 9.17) is 14.2 Å². The first-order valence-electron chi connectivity index (χ1n) is 11.0. The third-order valence-corrected chi connectivity index (χ3v) is 5.85. The fourth-order valence-corrected chi connectivity index (χ4v) is 4.04. The van der Waals surface area contributed by atoms with Gasteiger partial charge in [-0.2, -0.15) is 0 Å². The van der Waals surface area contributed by atoms with Gasteiger partial charge in [-0.25, -0.2) is 0 Å². The number of nitrogens with zero attached hydrogens (tertiary/aromatic N) is 1. The molecule has 1 aromatic heterocycles. The van der Waals surface area contributed by atoms with Gasteiger partial charge in [-0.1, -0.05) is 12.1 Å². The Morgan fingerprint density at radius 1 is 1.00 bits per heavy atom. The normalized spacial score (nSPS) is 15.9. The van der Waals surface area contributed by atoms with E-state index in [0.29, 0.717) is 12.3 Å². The van der Waals surface area contributed by atoms with E-state index in [1.165, 1.54) is 14.2 Å². The maximum absolute atomic E-state index is 12.8. The molecule has 0 atom stereocenters. The van der Waals surface area contributed by atoms with Crippen LogP contribution in [0.15, 0.2) is 89.6 Å². The Hall–Kier alpha value is -4.39. The average Bonchev–Trinajstić information content (AvgIpc) is 3.13. The van der Waals surface area contributed by atoms with Crippen LogP contribution in [0, 0.1) is 0 Å². The predicted molar refractivity (Wildman–Crippen MR) is 133 cm³/mol. The maximum atomic E-state index is 12.8. The van der Waals surface area contributed by atoms with Crippen molar-refractivity contribution in [3.8, 4) is 5.75 Å². The first-order chi connectivity index (χ1) is 16.9. The van der Waals surface area contributed by atoms with E-state index in [1.54, 1.807) is 31.5 Å². The minimum absolute atomic E-state index is 0.200. The van der Waals surface area contributed by atoms with Gasteiger partial charge in [-0.15, -0.1) is 0 Å². The topological polar surface area (TPSA) is 86.8 Å². The number of allylic oxidation sites excluding steroid dienone is 7. The molecule has 2 aliphatic rings. The Kier molecular flexibility index (Phi) is 6.96. The second-order valence-electron chi connectivity index (χ2n) is 7.95. The molecule has 1 amide bonds. The Morgan fingerprint density at radius 2 is 1.74 bits per heavy atom. The summed E-state index contributed by atoms with van der Waals surface area (Å²) < 4.78 is 15.9. The van der Waals surface area contributed by atoms with Crippen molar-refractivity contribution in [1.82, 2.24) is 10.3 Å². The zero-order valence-corrected chi connectivity index (χ0v) is 20.0. The predicted octanol–water partition coefficient (Wildman–Crippen LogP) is 4.15. The molecular weight excluding hydrogens is 444 g/mol. The van der Waals surface area contributed by atoms with Crippen LogP contribution in [0.25, 0.3) is 11.1 Å². The molecule has 0 fully saturated rings. The van der Waals surface area contributed by atoms with Crippen LogP contribution in [0.1, 0.15) is 23.7 Å². The van der Waals surface area contributed by atoms with Crippen LogP contribution < -0.4 is 10.1 Å². The van der Waals surface area contributed by atoms with Crippen LogP contribution >= 0.6 is 0 Å². The molecule has 0 aliphatic heterocycles. The Morgan fingerprint density at radius 3 is 2.37 bits per heavy atom. The van der Waals surface area contributed by atoms with Crippen LogP contribution in [-0.4, -0.2) is 38.0 Å². The number of amides is 1. The highest BCUT2D eigenvalue weighted by molar-refractivity contribution is 6.10. The Bertz CT molecular complexity index is 1300. The highest BCUT2D eigenvalue weighted by atomic mass is 16.5. The summed E-state index contributed by atoms with van der Waals surface area (Å²) in [6.07, 6.45) is 8.60.